The van der Waals surface area contributed by atoms with Crippen molar-refractivity contribution in [2.75, 3.05) is 6.61 Å². The van der Waals surface area contributed by atoms with E-state index in [1.807, 2.05) is 20.0 Å². The van der Waals surface area contributed by atoms with Gasteiger partial charge in [-0.05, 0) is 58.8 Å². The first-order valence-corrected chi connectivity index (χ1v) is 12.4. The van der Waals surface area contributed by atoms with Crippen LogP contribution < -0.4 is 0 Å². The minimum atomic E-state index is -2.53. The maximum absolute atomic E-state index is 13.3. The van der Waals surface area contributed by atoms with Crippen molar-refractivity contribution in [2.45, 2.75) is 95.6 Å². The fraction of sp³-hybridized carbons (Fsp3) is 0.640. The Morgan fingerprint density at radius 3 is 2.44 bits per heavy atom. The van der Waals surface area contributed by atoms with E-state index in [0.29, 0.717) is 36.2 Å². The molecule has 3 aromatic rings. The summed E-state index contributed by atoms with van der Waals surface area (Å²) < 4.78 is 34.4. The fourth-order valence-electron chi connectivity index (χ4n) is 4.73. The molecule has 182 valence electrons. The van der Waals surface area contributed by atoms with Crippen LogP contribution in [-0.4, -0.2) is 42.2 Å². The number of nitrogens with zero attached hydrogens (tertiary/aromatic N) is 6. The van der Waals surface area contributed by atoms with Gasteiger partial charge in [0.25, 0.3) is 0 Å². The summed E-state index contributed by atoms with van der Waals surface area (Å²) in [4.78, 5) is 17.3. The zero-order valence-corrected chi connectivity index (χ0v) is 19.9. The largest absolute Gasteiger partial charge is 0.373 e. The van der Waals surface area contributed by atoms with E-state index in [-0.39, 0.29) is 18.8 Å². The Labute approximate surface area is 198 Å². The van der Waals surface area contributed by atoms with Crippen LogP contribution in [0.5, 0.6) is 0 Å². The lowest BCUT2D eigenvalue weighted by atomic mass is 9.84. The Bertz CT molecular complexity index is 1130. The quantitative estimate of drug-likeness (QED) is 0.482. The summed E-state index contributed by atoms with van der Waals surface area (Å²) in [6, 6.07) is 0.687. The van der Waals surface area contributed by atoms with Gasteiger partial charge in [0, 0.05) is 37.1 Å². The third kappa shape index (κ3) is 5.24. The Hall–Kier alpha value is -2.55. The third-order valence-electron chi connectivity index (χ3n) is 7.11. The Morgan fingerprint density at radius 1 is 0.971 bits per heavy atom. The van der Waals surface area contributed by atoms with Crippen molar-refractivity contribution in [2.24, 2.45) is 0 Å². The van der Waals surface area contributed by atoms with Crippen molar-refractivity contribution >= 4 is 11.2 Å². The van der Waals surface area contributed by atoms with E-state index in [9.17, 15) is 8.78 Å². The minimum absolute atomic E-state index is 0.0246. The van der Waals surface area contributed by atoms with Crippen LogP contribution in [-0.2, 0) is 4.74 Å². The number of ether oxygens (including phenoxy) is 1. The van der Waals surface area contributed by atoms with Crippen LogP contribution >= 0.6 is 0 Å². The topological polar surface area (TPSA) is 78.6 Å². The molecule has 0 radical (unpaired) electrons. The lowest BCUT2D eigenvalue weighted by Gasteiger charge is -2.28. The number of aromatic nitrogens is 6. The molecule has 1 aliphatic heterocycles. The molecular weight excluding hydrogens is 438 g/mol. The summed E-state index contributed by atoms with van der Waals surface area (Å²) in [5.74, 6) is -2.51. The van der Waals surface area contributed by atoms with E-state index in [2.05, 4.69) is 35.9 Å². The van der Waals surface area contributed by atoms with Gasteiger partial charge in [-0.15, -0.1) is 0 Å². The minimum Gasteiger partial charge on any atom is -0.373 e. The smallest absolute Gasteiger partial charge is 0.248 e. The van der Waals surface area contributed by atoms with E-state index in [0.717, 1.165) is 30.1 Å². The normalized spacial score (nSPS) is 22.9. The summed E-state index contributed by atoms with van der Waals surface area (Å²) in [7, 11) is 0. The molecule has 1 saturated heterocycles. The summed E-state index contributed by atoms with van der Waals surface area (Å²) in [5, 5.41) is 4.39. The van der Waals surface area contributed by atoms with Gasteiger partial charge in [-0.3, -0.25) is 4.68 Å². The SMILES string of the molecule is Cc1nc2ncnc(C3CCC(F)(F)CC3)c2nc1C.c1nn(C2CC2)cc1C1CCCCO1. The first-order chi connectivity index (χ1) is 16.4. The van der Waals surface area contributed by atoms with Gasteiger partial charge in [-0.2, -0.15) is 5.10 Å². The van der Waals surface area contributed by atoms with Gasteiger partial charge in [0.1, 0.15) is 11.8 Å². The van der Waals surface area contributed by atoms with Crippen molar-refractivity contribution in [3.8, 4) is 0 Å². The molecule has 7 nitrogen and oxygen atoms in total. The van der Waals surface area contributed by atoms with Crippen LogP contribution in [0.25, 0.3) is 11.2 Å². The monoisotopic (exact) mass is 470 g/mol. The highest BCUT2D eigenvalue weighted by atomic mass is 19.3. The highest BCUT2D eigenvalue weighted by Gasteiger charge is 2.36. The second kappa shape index (κ2) is 9.60. The molecule has 6 rings (SSSR count). The van der Waals surface area contributed by atoms with Crippen molar-refractivity contribution in [1.82, 2.24) is 29.7 Å². The molecule has 2 saturated carbocycles. The van der Waals surface area contributed by atoms with Crippen LogP contribution in [0.4, 0.5) is 8.78 Å². The van der Waals surface area contributed by atoms with Crippen molar-refractivity contribution < 1.29 is 13.5 Å². The number of halogens is 2. The van der Waals surface area contributed by atoms with E-state index >= 15 is 0 Å². The Balaban J connectivity index is 0.000000150. The van der Waals surface area contributed by atoms with Crippen LogP contribution in [0.2, 0.25) is 0 Å². The van der Waals surface area contributed by atoms with Crippen LogP contribution in [0, 0.1) is 13.8 Å². The van der Waals surface area contributed by atoms with E-state index in [4.69, 9.17) is 4.74 Å². The summed E-state index contributed by atoms with van der Waals surface area (Å²) in [5.41, 5.74) is 4.91. The molecule has 9 heteroatoms. The maximum atomic E-state index is 13.3. The van der Waals surface area contributed by atoms with E-state index in [1.165, 1.54) is 37.6 Å². The molecule has 0 aromatic carbocycles. The highest BCUT2D eigenvalue weighted by molar-refractivity contribution is 5.73. The predicted octanol–water partition coefficient (Wildman–Crippen LogP) is 5.79. The summed E-state index contributed by atoms with van der Waals surface area (Å²) in [6.45, 7) is 4.68. The average Bonchev–Trinajstić information content (AvgIpc) is 3.57. The second-order valence-electron chi connectivity index (χ2n) is 9.80. The van der Waals surface area contributed by atoms with Crippen molar-refractivity contribution in [3.05, 3.63) is 41.4 Å². The Morgan fingerprint density at radius 2 is 1.74 bits per heavy atom. The van der Waals surface area contributed by atoms with Gasteiger partial charge in [-0.25, -0.2) is 28.7 Å². The molecule has 0 bridgehead atoms. The molecule has 0 N–H and O–H groups in total. The van der Waals surface area contributed by atoms with E-state index in [1.54, 1.807) is 0 Å². The Kier molecular flexibility index (Phi) is 6.55. The van der Waals surface area contributed by atoms with Crippen LogP contribution in [0.15, 0.2) is 18.7 Å². The first-order valence-electron chi connectivity index (χ1n) is 12.4. The molecule has 1 unspecified atom stereocenters. The third-order valence-corrected chi connectivity index (χ3v) is 7.11. The highest BCUT2D eigenvalue weighted by Crippen LogP contribution is 2.41. The standard InChI is InChI=1S/C14H16F2N4.C11H16N2O/c1-8-9(2)20-13-12(19-8)11(17-7-18-13)10-3-5-14(15,16)6-4-10;1-2-6-14-11(3-1)9-7-12-13(8-9)10-4-5-10/h7,10H,3-6H2,1-2H3;7-8,10-11H,1-6H2. The lowest BCUT2D eigenvalue weighted by Crippen LogP contribution is -2.24. The van der Waals surface area contributed by atoms with Gasteiger partial charge in [0.05, 0.1) is 35.4 Å². The first kappa shape index (κ1) is 23.2. The molecule has 0 spiro atoms. The number of aryl methyl sites for hydroxylation is 2. The van der Waals surface area contributed by atoms with Crippen LogP contribution in [0.3, 0.4) is 0 Å². The fourth-order valence-corrected chi connectivity index (χ4v) is 4.73. The van der Waals surface area contributed by atoms with Crippen molar-refractivity contribution in [3.63, 3.8) is 0 Å². The van der Waals surface area contributed by atoms with Gasteiger partial charge in [0.15, 0.2) is 5.65 Å². The zero-order chi connectivity index (χ0) is 23.7. The molecule has 3 aromatic heterocycles. The molecule has 2 aliphatic carbocycles. The number of hydrogen-bond acceptors (Lipinski definition) is 6. The molecule has 4 heterocycles. The van der Waals surface area contributed by atoms with Gasteiger partial charge < -0.3 is 4.74 Å². The van der Waals surface area contributed by atoms with E-state index < -0.39 is 5.92 Å². The summed E-state index contributed by atoms with van der Waals surface area (Å²) >= 11 is 0. The van der Waals surface area contributed by atoms with Crippen molar-refractivity contribution in [1.29, 1.82) is 0 Å². The molecule has 1 atom stereocenters. The van der Waals surface area contributed by atoms with Crippen LogP contribution in [0.1, 0.15) is 98.5 Å². The number of rotatable bonds is 3. The second-order valence-corrected chi connectivity index (χ2v) is 9.80. The molecule has 0 amide bonds. The predicted molar refractivity (Wildman–Crippen MR) is 124 cm³/mol. The lowest BCUT2D eigenvalue weighted by molar-refractivity contribution is -0.0384. The maximum Gasteiger partial charge on any atom is 0.248 e. The molecular formula is C25H32F2N6O. The molecule has 3 aliphatic rings. The van der Waals surface area contributed by atoms with Gasteiger partial charge in [-0.1, -0.05) is 0 Å². The van der Waals surface area contributed by atoms with Gasteiger partial charge >= 0.3 is 0 Å². The van der Waals surface area contributed by atoms with Gasteiger partial charge in [0.2, 0.25) is 5.92 Å². The number of hydrogen-bond donors (Lipinski definition) is 0. The molecule has 3 fully saturated rings. The number of alkyl halides is 2. The summed E-state index contributed by atoms with van der Waals surface area (Å²) in [6.07, 6.45) is 12.9. The number of fused-ring (bicyclic) bond motifs is 1. The molecule has 34 heavy (non-hydrogen) atoms. The average molecular weight is 471 g/mol. The zero-order valence-electron chi connectivity index (χ0n) is 19.9.